The second-order valence-corrected chi connectivity index (χ2v) is 3.90. The highest BCUT2D eigenvalue weighted by atomic mass is 16.4. The van der Waals surface area contributed by atoms with E-state index in [0.717, 1.165) is 0 Å². The average molecular weight is 267 g/mol. The third kappa shape index (κ3) is 5.71. The topological polar surface area (TPSA) is 150 Å². The zero-order chi connectivity index (χ0) is 14.1. The van der Waals surface area contributed by atoms with Crippen LogP contribution in [0.1, 0.15) is 12.8 Å². The number of nitrogens with one attached hydrogen (secondary N) is 1. The van der Waals surface area contributed by atoms with Crippen molar-refractivity contribution in [3.63, 3.8) is 0 Å². The largest absolute Gasteiger partial charge is 0.396 e. The molecule has 1 amide bonds. The van der Waals surface area contributed by atoms with Crippen LogP contribution in [-0.4, -0.2) is 80.7 Å². The molecule has 18 heavy (non-hydrogen) atoms. The Morgan fingerprint density at radius 2 is 1.61 bits per heavy atom. The van der Waals surface area contributed by atoms with Crippen LogP contribution in [0.4, 0.5) is 0 Å². The van der Waals surface area contributed by atoms with Crippen LogP contribution >= 0.6 is 0 Å². The Bertz CT molecular complexity index is 238. The summed E-state index contributed by atoms with van der Waals surface area (Å²) >= 11 is 0. The number of carbonyl (C=O) groups excluding carboxylic acids is 1. The maximum atomic E-state index is 11.3. The SMILES string of the molecule is O=C(NCCCCO)[C@H](O)[C@@H](O)[C@H](O)[C@H](O)CO. The van der Waals surface area contributed by atoms with Crippen LogP contribution in [0.15, 0.2) is 0 Å². The molecule has 0 rings (SSSR count). The van der Waals surface area contributed by atoms with E-state index in [1.165, 1.54) is 0 Å². The fraction of sp³-hybridized carbons (Fsp3) is 0.900. The Hall–Kier alpha value is -0.770. The molecule has 0 unspecified atom stereocenters. The lowest BCUT2D eigenvalue weighted by atomic mass is 10.0. The number of aliphatic hydroxyl groups is 6. The van der Waals surface area contributed by atoms with Crippen molar-refractivity contribution in [3.05, 3.63) is 0 Å². The first-order valence-electron chi connectivity index (χ1n) is 5.67. The van der Waals surface area contributed by atoms with Gasteiger partial charge in [-0.15, -0.1) is 0 Å². The Morgan fingerprint density at radius 1 is 1.00 bits per heavy atom. The highest BCUT2D eigenvalue weighted by molar-refractivity contribution is 5.81. The monoisotopic (exact) mass is 267 g/mol. The zero-order valence-corrected chi connectivity index (χ0v) is 9.94. The molecule has 0 fully saturated rings. The second-order valence-electron chi connectivity index (χ2n) is 3.90. The number of amides is 1. The average Bonchev–Trinajstić information content (AvgIpc) is 2.39. The van der Waals surface area contributed by atoms with Gasteiger partial charge in [-0.05, 0) is 12.8 Å². The van der Waals surface area contributed by atoms with Crippen LogP contribution in [0, 0.1) is 0 Å². The third-order valence-electron chi connectivity index (χ3n) is 2.41. The van der Waals surface area contributed by atoms with Crippen LogP contribution in [0.3, 0.4) is 0 Å². The molecule has 0 radical (unpaired) electrons. The summed E-state index contributed by atoms with van der Waals surface area (Å²) in [4.78, 5) is 11.3. The highest BCUT2D eigenvalue weighted by Crippen LogP contribution is 2.05. The van der Waals surface area contributed by atoms with Gasteiger partial charge in [-0.3, -0.25) is 4.79 Å². The van der Waals surface area contributed by atoms with E-state index in [0.29, 0.717) is 12.8 Å². The van der Waals surface area contributed by atoms with E-state index in [4.69, 9.17) is 15.3 Å². The van der Waals surface area contributed by atoms with Gasteiger partial charge in [0.15, 0.2) is 6.10 Å². The van der Waals surface area contributed by atoms with Gasteiger partial charge in [0, 0.05) is 13.2 Å². The fourth-order valence-corrected chi connectivity index (χ4v) is 1.23. The number of unbranched alkanes of at least 4 members (excludes halogenated alkanes) is 1. The van der Waals surface area contributed by atoms with Crippen LogP contribution in [-0.2, 0) is 4.79 Å². The predicted molar refractivity (Wildman–Crippen MR) is 60.4 cm³/mol. The molecule has 0 aliphatic rings. The van der Waals surface area contributed by atoms with E-state index in [1.807, 2.05) is 0 Å². The van der Waals surface area contributed by atoms with Gasteiger partial charge in [0.2, 0.25) is 0 Å². The van der Waals surface area contributed by atoms with Crippen molar-refractivity contribution in [2.24, 2.45) is 0 Å². The predicted octanol–water partition coefficient (Wildman–Crippen LogP) is -3.69. The van der Waals surface area contributed by atoms with Gasteiger partial charge in [-0.1, -0.05) is 0 Å². The molecule has 8 nitrogen and oxygen atoms in total. The Balaban J connectivity index is 4.11. The third-order valence-corrected chi connectivity index (χ3v) is 2.41. The van der Waals surface area contributed by atoms with Gasteiger partial charge in [0.1, 0.15) is 18.3 Å². The molecule has 4 atom stereocenters. The highest BCUT2D eigenvalue weighted by Gasteiger charge is 2.33. The summed E-state index contributed by atoms with van der Waals surface area (Å²) in [6, 6.07) is 0. The summed E-state index contributed by atoms with van der Waals surface area (Å²) in [5.41, 5.74) is 0. The van der Waals surface area contributed by atoms with E-state index >= 15 is 0 Å². The Kier molecular flexibility index (Phi) is 8.81. The molecule has 0 aromatic heterocycles. The molecule has 0 aliphatic heterocycles. The summed E-state index contributed by atoms with van der Waals surface area (Å²) in [5.74, 6) is -0.898. The van der Waals surface area contributed by atoms with Crippen LogP contribution < -0.4 is 5.32 Å². The van der Waals surface area contributed by atoms with Crippen molar-refractivity contribution in [2.45, 2.75) is 37.3 Å². The molecule has 0 bridgehead atoms. The molecule has 0 aliphatic carbocycles. The lowest BCUT2D eigenvalue weighted by molar-refractivity contribution is -0.148. The van der Waals surface area contributed by atoms with E-state index in [1.54, 1.807) is 0 Å². The van der Waals surface area contributed by atoms with E-state index < -0.39 is 36.9 Å². The number of rotatable bonds is 9. The van der Waals surface area contributed by atoms with Crippen molar-refractivity contribution < 1.29 is 35.4 Å². The summed E-state index contributed by atoms with van der Waals surface area (Å²) in [6.45, 7) is -0.604. The van der Waals surface area contributed by atoms with Crippen molar-refractivity contribution in [1.29, 1.82) is 0 Å². The minimum atomic E-state index is -1.91. The van der Waals surface area contributed by atoms with Crippen LogP contribution in [0.5, 0.6) is 0 Å². The summed E-state index contributed by atoms with van der Waals surface area (Å²) in [5, 5.41) is 56.5. The summed E-state index contributed by atoms with van der Waals surface area (Å²) in [6.07, 6.45) is -6.28. The van der Waals surface area contributed by atoms with Crippen LogP contribution in [0.25, 0.3) is 0 Å². The molecule has 0 saturated heterocycles. The lowest BCUT2D eigenvalue weighted by Gasteiger charge is -2.24. The maximum absolute atomic E-state index is 11.3. The number of carbonyl (C=O) groups is 1. The molecular weight excluding hydrogens is 246 g/mol. The minimum Gasteiger partial charge on any atom is -0.396 e. The minimum absolute atomic E-state index is 0.0115. The van der Waals surface area contributed by atoms with Crippen molar-refractivity contribution in [1.82, 2.24) is 5.32 Å². The molecule has 0 saturated carbocycles. The molecule has 108 valence electrons. The van der Waals surface area contributed by atoms with Gasteiger partial charge in [0.25, 0.3) is 5.91 Å². The first kappa shape index (κ1) is 17.2. The fourth-order valence-electron chi connectivity index (χ4n) is 1.23. The van der Waals surface area contributed by atoms with Gasteiger partial charge < -0.3 is 36.0 Å². The maximum Gasteiger partial charge on any atom is 0.251 e. The molecule has 0 aromatic rings. The standard InChI is InChI=1S/C10H21NO7/c12-4-2-1-3-11-10(18)9(17)8(16)7(15)6(14)5-13/h6-9,12-17H,1-5H2,(H,11,18)/t6-,7-,8+,9-/m1/s1. The summed E-state index contributed by atoms with van der Waals surface area (Å²) in [7, 11) is 0. The normalized spacial score (nSPS) is 17.9. The molecule has 0 aromatic carbocycles. The molecule has 8 heteroatoms. The van der Waals surface area contributed by atoms with Gasteiger partial charge in [0.05, 0.1) is 6.61 Å². The molecule has 0 spiro atoms. The molecule has 7 N–H and O–H groups in total. The van der Waals surface area contributed by atoms with Crippen molar-refractivity contribution in [2.75, 3.05) is 19.8 Å². The Morgan fingerprint density at radius 3 is 2.11 bits per heavy atom. The molecular formula is C10H21NO7. The van der Waals surface area contributed by atoms with E-state index in [-0.39, 0.29) is 13.2 Å². The van der Waals surface area contributed by atoms with Gasteiger partial charge in [-0.25, -0.2) is 0 Å². The number of hydrogen-bond donors (Lipinski definition) is 7. The zero-order valence-electron chi connectivity index (χ0n) is 9.94. The van der Waals surface area contributed by atoms with Crippen molar-refractivity contribution in [3.8, 4) is 0 Å². The first-order chi connectivity index (χ1) is 8.45. The Labute approximate surface area is 105 Å². The summed E-state index contributed by atoms with van der Waals surface area (Å²) < 4.78 is 0. The van der Waals surface area contributed by atoms with Crippen LogP contribution in [0.2, 0.25) is 0 Å². The number of hydrogen-bond acceptors (Lipinski definition) is 7. The molecule has 0 heterocycles. The first-order valence-corrected chi connectivity index (χ1v) is 5.67. The smallest absolute Gasteiger partial charge is 0.251 e. The van der Waals surface area contributed by atoms with Gasteiger partial charge in [-0.2, -0.15) is 0 Å². The number of aliphatic hydroxyl groups excluding tert-OH is 6. The van der Waals surface area contributed by atoms with Gasteiger partial charge >= 0.3 is 0 Å². The quantitative estimate of drug-likeness (QED) is 0.212. The van der Waals surface area contributed by atoms with E-state index in [9.17, 15) is 20.1 Å². The van der Waals surface area contributed by atoms with Crippen molar-refractivity contribution >= 4 is 5.91 Å². The van der Waals surface area contributed by atoms with E-state index in [2.05, 4.69) is 5.32 Å². The lowest BCUT2D eigenvalue weighted by Crippen LogP contribution is -2.51. The second kappa shape index (κ2) is 9.20.